The number of rotatable bonds is 7. The quantitative estimate of drug-likeness (QED) is 0.598. The van der Waals surface area contributed by atoms with Gasteiger partial charge < -0.3 is 10.4 Å². The molecule has 0 radical (unpaired) electrons. The van der Waals surface area contributed by atoms with Gasteiger partial charge in [0.2, 0.25) is 0 Å². The SMILES string of the molecule is CSCC(C)(O)CNCc1c(Cl)cccc1[N+](=O)[O-]. The van der Waals surface area contributed by atoms with E-state index in [2.05, 4.69) is 5.32 Å². The van der Waals surface area contributed by atoms with Crippen LogP contribution in [0.4, 0.5) is 5.69 Å². The fourth-order valence-electron chi connectivity index (χ4n) is 1.71. The number of thioether (sulfide) groups is 1. The summed E-state index contributed by atoms with van der Waals surface area (Å²) < 4.78 is 0. The van der Waals surface area contributed by atoms with Crippen LogP contribution in [0.25, 0.3) is 0 Å². The van der Waals surface area contributed by atoms with Crippen molar-refractivity contribution in [1.82, 2.24) is 5.32 Å². The zero-order valence-electron chi connectivity index (χ0n) is 10.9. The number of nitro groups is 1. The molecule has 0 amide bonds. The predicted octanol–water partition coefficient (Wildman–Crippen LogP) is 2.45. The average molecular weight is 305 g/mol. The molecule has 0 bridgehead atoms. The first kappa shape index (κ1) is 16.2. The molecule has 5 nitrogen and oxygen atoms in total. The summed E-state index contributed by atoms with van der Waals surface area (Å²) in [5, 5.41) is 24.3. The molecule has 1 rings (SSSR count). The molecule has 0 fully saturated rings. The fraction of sp³-hybridized carbons (Fsp3) is 0.500. The second kappa shape index (κ2) is 7.09. The summed E-state index contributed by atoms with van der Waals surface area (Å²) >= 11 is 7.52. The Labute approximate surface area is 121 Å². The molecular weight excluding hydrogens is 288 g/mol. The third-order valence-corrected chi connectivity index (χ3v) is 3.82. The molecule has 1 aromatic rings. The van der Waals surface area contributed by atoms with Gasteiger partial charge in [0.15, 0.2) is 0 Å². The Bertz CT molecular complexity index is 455. The minimum atomic E-state index is -0.852. The summed E-state index contributed by atoms with van der Waals surface area (Å²) in [4.78, 5) is 10.4. The maximum absolute atomic E-state index is 10.9. The first-order valence-electron chi connectivity index (χ1n) is 5.71. The Morgan fingerprint density at radius 3 is 2.84 bits per heavy atom. The molecule has 0 aliphatic rings. The summed E-state index contributed by atoms with van der Waals surface area (Å²) in [5.74, 6) is 0.588. The zero-order chi connectivity index (χ0) is 14.5. The molecule has 0 saturated carbocycles. The van der Waals surface area contributed by atoms with Crippen molar-refractivity contribution in [3.05, 3.63) is 38.9 Å². The summed E-state index contributed by atoms with van der Waals surface area (Å²) in [6.45, 7) is 2.31. The number of hydrogen-bond acceptors (Lipinski definition) is 5. The smallest absolute Gasteiger partial charge is 0.275 e. The van der Waals surface area contributed by atoms with Crippen molar-refractivity contribution in [3.8, 4) is 0 Å². The van der Waals surface area contributed by atoms with Crippen LogP contribution >= 0.6 is 23.4 Å². The molecule has 0 aliphatic heterocycles. The molecule has 0 saturated heterocycles. The summed E-state index contributed by atoms with van der Waals surface area (Å²) in [7, 11) is 0. The van der Waals surface area contributed by atoms with Crippen LogP contribution in [0.1, 0.15) is 12.5 Å². The summed E-state index contributed by atoms with van der Waals surface area (Å²) in [5.41, 5.74) is -0.422. The van der Waals surface area contributed by atoms with Gasteiger partial charge in [-0.25, -0.2) is 0 Å². The van der Waals surface area contributed by atoms with E-state index in [0.29, 0.717) is 22.9 Å². The minimum Gasteiger partial charge on any atom is -0.388 e. The lowest BCUT2D eigenvalue weighted by atomic mass is 10.1. The largest absolute Gasteiger partial charge is 0.388 e. The Morgan fingerprint density at radius 1 is 1.58 bits per heavy atom. The van der Waals surface area contributed by atoms with Crippen molar-refractivity contribution in [3.63, 3.8) is 0 Å². The fourth-order valence-corrected chi connectivity index (χ4v) is 2.67. The zero-order valence-corrected chi connectivity index (χ0v) is 12.4. The molecule has 1 atom stereocenters. The lowest BCUT2D eigenvalue weighted by Gasteiger charge is -2.22. The molecule has 2 N–H and O–H groups in total. The number of aliphatic hydroxyl groups is 1. The van der Waals surface area contributed by atoms with E-state index in [1.807, 2.05) is 6.26 Å². The third kappa shape index (κ3) is 4.99. The van der Waals surface area contributed by atoms with Gasteiger partial charge in [0.1, 0.15) is 0 Å². The highest BCUT2D eigenvalue weighted by atomic mass is 35.5. The topological polar surface area (TPSA) is 75.4 Å². The summed E-state index contributed by atoms with van der Waals surface area (Å²) in [6.07, 6.45) is 1.91. The molecule has 0 aliphatic carbocycles. The van der Waals surface area contributed by atoms with E-state index in [9.17, 15) is 15.2 Å². The number of benzene rings is 1. The summed E-state index contributed by atoms with van der Waals surface area (Å²) in [6, 6.07) is 4.59. The van der Waals surface area contributed by atoms with Gasteiger partial charge in [-0.1, -0.05) is 17.7 Å². The number of halogens is 1. The van der Waals surface area contributed by atoms with Gasteiger partial charge in [0.25, 0.3) is 5.69 Å². The Hall–Kier alpha value is -0.820. The number of nitro benzene ring substituents is 1. The van der Waals surface area contributed by atoms with Gasteiger partial charge in [-0.15, -0.1) is 0 Å². The monoisotopic (exact) mass is 304 g/mol. The van der Waals surface area contributed by atoms with Crippen LogP contribution in [-0.4, -0.2) is 34.2 Å². The van der Waals surface area contributed by atoms with E-state index in [4.69, 9.17) is 11.6 Å². The van der Waals surface area contributed by atoms with Crippen LogP contribution in [0, 0.1) is 10.1 Å². The maximum atomic E-state index is 10.9. The molecule has 19 heavy (non-hydrogen) atoms. The highest BCUT2D eigenvalue weighted by Gasteiger charge is 2.21. The molecule has 0 heterocycles. The first-order chi connectivity index (χ1) is 8.87. The van der Waals surface area contributed by atoms with Crippen molar-refractivity contribution >= 4 is 29.1 Å². The lowest BCUT2D eigenvalue weighted by Crippen LogP contribution is -2.39. The molecule has 1 aromatic carbocycles. The van der Waals surface area contributed by atoms with Gasteiger partial charge >= 0.3 is 0 Å². The molecular formula is C12H17ClN2O3S. The van der Waals surface area contributed by atoms with E-state index in [0.717, 1.165) is 0 Å². The van der Waals surface area contributed by atoms with Crippen LogP contribution < -0.4 is 5.32 Å². The second-order valence-corrected chi connectivity index (χ2v) is 5.80. The highest BCUT2D eigenvalue weighted by molar-refractivity contribution is 7.98. The maximum Gasteiger partial charge on any atom is 0.275 e. The van der Waals surface area contributed by atoms with E-state index in [-0.39, 0.29) is 12.2 Å². The van der Waals surface area contributed by atoms with Crippen molar-refractivity contribution in [2.75, 3.05) is 18.6 Å². The van der Waals surface area contributed by atoms with Crippen LogP contribution in [0.2, 0.25) is 5.02 Å². The van der Waals surface area contributed by atoms with E-state index in [1.54, 1.807) is 30.8 Å². The van der Waals surface area contributed by atoms with Crippen LogP contribution in [0.5, 0.6) is 0 Å². The average Bonchev–Trinajstić information content (AvgIpc) is 2.30. The Balaban J connectivity index is 2.70. The molecule has 0 spiro atoms. The number of nitrogens with zero attached hydrogens (tertiary/aromatic N) is 1. The van der Waals surface area contributed by atoms with E-state index < -0.39 is 10.5 Å². The normalized spacial score (nSPS) is 14.1. The van der Waals surface area contributed by atoms with Gasteiger partial charge in [-0.2, -0.15) is 11.8 Å². The minimum absolute atomic E-state index is 0.00971. The van der Waals surface area contributed by atoms with E-state index >= 15 is 0 Å². The Kier molecular flexibility index (Phi) is 6.06. The van der Waals surface area contributed by atoms with Crippen molar-refractivity contribution in [1.29, 1.82) is 0 Å². The van der Waals surface area contributed by atoms with Crippen molar-refractivity contribution in [2.24, 2.45) is 0 Å². The molecule has 7 heteroatoms. The predicted molar refractivity (Wildman–Crippen MR) is 78.8 cm³/mol. The highest BCUT2D eigenvalue weighted by Crippen LogP contribution is 2.26. The van der Waals surface area contributed by atoms with Gasteiger partial charge in [0, 0.05) is 24.9 Å². The number of hydrogen-bond donors (Lipinski definition) is 2. The number of nitrogens with one attached hydrogen (secondary N) is 1. The van der Waals surface area contributed by atoms with E-state index in [1.165, 1.54) is 6.07 Å². The Morgan fingerprint density at radius 2 is 2.26 bits per heavy atom. The van der Waals surface area contributed by atoms with Gasteiger partial charge in [0.05, 0.1) is 21.1 Å². The van der Waals surface area contributed by atoms with Crippen molar-refractivity contribution in [2.45, 2.75) is 19.1 Å². The lowest BCUT2D eigenvalue weighted by molar-refractivity contribution is -0.385. The van der Waals surface area contributed by atoms with Crippen LogP contribution in [0.3, 0.4) is 0 Å². The van der Waals surface area contributed by atoms with Gasteiger partial charge in [-0.3, -0.25) is 10.1 Å². The van der Waals surface area contributed by atoms with Crippen LogP contribution in [-0.2, 0) is 6.54 Å². The second-order valence-electron chi connectivity index (χ2n) is 4.53. The standard InChI is InChI=1S/C12H17ClN2O3S/c1-12(16,8-19-2)7-14-6-9-10(13)4-3-5-11(9)15(17)18/h3-5,14,16H,6-8H2,1-2H3. The van der Waals surface area contributed by atoms with Crippen molar-refractivity contribution < 1.29 is 10.0 Å². The first-order valence-corrected chi connectivity index (χ1v) is 7.48. The molecule has 1 unspecified atom stereocenters. The molecule has 0 aromatic heterocycles. The molecule has 106 valence electrons. The third-order valence-electron chi connectivity index (χ3n) is 2.55. The van der Waals surface area contributed by atoms with Crippen LogP contribution in [0.15, 0.2) is 18.2 Å². The van der Waals surface area contributed by atoms with Gasteiger partial charge in [-0.05, 0) is 19.2 Å².